The van der Waals surface area contributed by atoms with Crippen LogP contribution in [0, 0.1) is 5.92 Å². The molecule has 1 unspecified atom stereocenters. The molecule has 0 bridgehead atoms. The van der Waals surface area contributed by atoms with E-state index in [0.717, 1.165) is 6.54 Å². The fourth-order valence-corrected chi connectivity index (χ4v) is 2.04. The predicted octanol–water partition coefficient (Wildman–Crippen LogP) is 2.56. The second-order valence-corrected chi connectivity index (χ2v) is 5.64. The van der Waals surface area contributed by atoms with E-state index in [1.165, 1.54) is 0 Å². The Morgan fingerprint density at radius 3 is 2.28 bits per heavy atom. The van der Waals surface area contributed by atoms with E-state index in [1.807, 2.05) is 32.8 Å². The zero-order valence-electron chi connectivity index (χ0n) is 10.7. The van der Waals surface area contributed by atoms with E-state index in [0.29, 0.717) is 11.3 Å². The van der Waals surface area contributed by atoms with Gasteiger partial charge in [-0.05, 0) is 20.0 Å². The van der Waals surface area contributed by atoms with Crippen molar-refractivity contribution < 1.29 is 13.2 Å². The summed E-state index contributed by atoms with van der Waals surface area (Å²) < 4.78 is 37.1. The van der Waals surface area contributed by atoms with Crippen LogP contribution in [-0.2, 0) is 6.18 Å². The van der Waals surface area contributed by atoms with Crippen LogP contribution in [0.4, 0.5) is 18.3 Å². The molecule has 104 valence electrons. The minimum atomic E-state index is -4.42. The Balaban J connectivity index is 2.73. The molecular weight excluding hydrogens is 265 g/mol. The SMILES string of the molecule is CC(C)C(CN(C)C)Nc1nnc(C(F)(F)F)s1. The minimum Gasteiger partial charge on any atom is -0.356 e. The number of halogens is 3. The van der Waals surface area contributed by atoms with Crippen LogP contribution in [0.1, 0.15) is 18.9 Å². The highest BCUT2D eigenvalue weighted by atomic mass is 32.1. The monoisotopic (exact) mass is 282 g/mol. The highest BCUT2D eigenvalue weighted by Crippen LogP contribution is 2.33. The van der Waals surface area contributed by atoms with Crippen molar-refractivity contribution in [3.8, 4) is 0 Å². The maximum absolute atomic E-state index is 12.4. The van der Waals surface area contributed by atoms with Gasteiger partial charge in [0.1, 0.15) is 0 Å². The smallest absolute Gasteiger partial charge is 0.356 e. The van der Waals surface area contributed by atoms with E-state index in [4.69, 9.17) is 0 Å². The summed E-state index contributed by atoms with van der Waals surface area (Å²) in [5.74, 6) is 0.283. The number of hydrogen-bond donors (Lipinski definition) is 1. The van der Waals surface area contributed by atoms with Gasteiger partial charge in [0.15, 0.2) is 0 Å². The van der Waals surface area contributed by atoms with Crippen molar-refractivity contribution in [1.29, 1.82) is 0 Å². The number of anilines is 1. The van der Waals surface area contributed by atoms with Crippen LogP contribution in [0.25, 0.3) is 0 Å². The molecule has 1 heterocycles. The van der Waals surface area contributed by atoms with Crippen molar-refractivity contribution >= 4 is 16.5 Å². The lowest BCUT2D eigenvalue weighted by Gasteiger charge is -2.25. The second-order valence-electron chi connectivity index (χ2n) is 4.67. The van der Waals surface area contributed by atoms with Crippen molar-refractivity contribution in [3.63, 3.8) is 0 Å². The van der Waals surface area contributed by atoms with Crippen LogP contribution in [0.3, 0.4) is 0 Å². The van der Waals surface area contributed by atoms with E-state index in [9.17, 15) is 13.2 Å². The molecule has 1 aromatic rings. The Labute approximate surface area is 108 Å². The summed E-state index contributed by atoms with van der Waals surface area (Å²) in [5.41, 5.74) is 0. The summed E-state index contributed by atoms with van der Waals surface area (Å²) in [5, 5.41) is 8.97. The first-order valence-electron chi connectivity index (χ1n) is 5.52. The number of nitrogens with zero attached hydrogens (tertiary/aromatic N) is 3. The molecule has 1 atom stereocenters. The van der Waals surface area contributed by atoms with Crippen LogP contribution in [0.5, 0.6) is 0 Å². The van der Waals surface area contributed by atoms with Crippen molar-refractivity contribution in [3.05, 3.63) is 5.01 Å². The number of likely N-dealkylation sites (N-methyl/N-ethyl adjacent to an activating group) is 1. The van der Waals surface area contributed by atoms with Crippen LogP contribution in [0.2, 0.25) is 0 Å². The maximum atomic E-state index is 12.4. The van der Waals surface area contributed by atoms with Gasteiger partial charge in [0.05, 0.1) is 0 Å². The van der Waals surface area contributed by atoms with Crippen LogP contribution >= 0.6 is 11.3 Å². The number of hydrogen-bond acceptors (Lipinski definition) is 5. The van der Waals surface area contributed by atoms with Crippen molar-refractivity contribution in [1.82, 2.24) is 15.1 Å². The van der Waals surface area contributed by atoms with Gasteiger partial charge in [-0.1, -0.05) is 25.2 Å². The molecule has 0 amide bonds. The Kier molecular flexibility index (Phi) is 4.92. The summed E-state index contributed by atoms with van der Waals surface area (Å²) in [6.07, 6.45) is -4.42. The molecule has 1 rings (SSSR count). The van der Waals surface area contributed by atoms with Crippen molar-refractivity contribution in [2.45, 2.75) is 26.1 Å². The summed E-state index contributed by atoms with van der Waals surface area (Å²) >= 11 is 0.536. The largest absolute Gasteiger partial charge is 0.445 e. The third kappa shape index (κ3) is 4.41. The van der Waals surface area contributed by atoms with E-state index in [2.05, 4.69) is 15.5 Å². The molecule has 0 fully saturated rings. The molecule has 1 aromatic heterocycles. The lowest BCUT2D eigenvalue weighted by atomic mass is 10.0. The molecule has 0 saturated heterocycles. The average molecular weight is 282 g/mol. The highest BCUT2D eigenvalue weighted by Gasteiger charge is 2.35. The molecule has 0 aliphatic carbocycles. The number of aromatic nitrogens is 2. The van der Waals surface area contributed by atoms with Gasteiger partial charge in [0, 0.05) is 12.6 Å². The molecule has 4 nitrogen and oxygen atoms in total. The van der Waals surface area contributed by atoms with Gasteiger partial charge in [0.25, 0.3) is 0 Å². The molecule has 0 aliphatic rings. The molecule has 0 aliphatic heterocycles. The van der Waals surface area contributed by atoms with E-state index in [1.54, 1.807) is 0 Å². The normalized spacial score (nSPS) is 14.3. The molecular formula is C10H17F3N4S. The molecule has 0 radical (unpaired) electrons. The fourth-order valence-electron chi connectivity index (χ4n) is 1.37. The summed E-state index contributed by atoms with van der Waals surface area (Å²) in [6.45, 7) is 4.73. The summed E-state index contributed by atoms with van der Waals surface area (Å²) in [7, 11) is 3.83. The zero-order chi connectivity index (χ0) is 13.9. The third-order valence-corrected chi connectivity index (χ3v) is 3.24. The Morgan fingerprint density at radius 1 is 1.28 bits per heavy atom. The van der Waals surface area contributed by atoms with Crippen LogP contribution in [-0.4, -0.2) is 41.8 Å². The first-order chi connectivity index (χ1) is 8.20. The molecule has 0 spiro atoms. The number of nitrogens with one attached hydrogen (secondary N) is 1. The van der Waals surface area contributed by atoms with E-state index in [-0.39, 0.29) is 17.1 Å². The molecule has 18 heavy (non-hydrogen) atoms. The van der Waals surface area contributed by atoms with Gasteiger partial charge in [-0.2, -0.15) is 13.2 Å². The number of rotatable bonds is 5. The average Bonchev–Trinajstić information content (AvgIpc) is 2.63. The zero-order valence-corrected chi connectivity index (χ0v) is 11.6. The van der Waals surface area contributed by atoms with E-state index < -0.39 is 11.2 Å². The Morgan fingerprint density at radius 2 is 1.89 bits per heavy atom. The Bertz CT molecular complexity index is 375. The van der Waals surface area contributed by atoms with Crippen molar-refractivity contribution in [2.75, 3.05) is 26.0 Å². The maximum Gasteiger partial charge on any atom is 0.445 e. The molecule has 8 heteroatoms. The summed E-state index contributed by atoms with van der Waals surface area (Å²) in [6, 6.07) is 0.0361. The highest BCUT2D eigenvalue weighted by molar-refractivity contribution is 7.15. The van der Waals surface area contributed by atoms with E-state index >= 15 is 0 Å². The topological polar surface area (TPSA) is 41.0 Å². The second kappa shape index (κ2) is 5.83. The van der Waals surface area contributed by atoms with Gasteiger partial charge in [-0.3, -0.25) is 0 Å². The third-order valence-electron chi connectivity index (χ3n) is 2.34. The van der Waals surface area contributed by atoms with Gasteiger partial charge >= 0.3 is 6.18 Å². The van der Waals surface area contributed by atoms with Gasteiger partial charge in [-0.15, -0.1) is 10.2 Å². The van der Waals surface area contributed by atoms with Crippen LogP contribution < -0.4 is 5.32 Å². The van der Waals surface area contributed by atoms with Crippen molar-refractivity contribution in [2.24, 2.45) is 5.92 Å². The lowest BCUT2D eigenvalue weighted by molar-refractivity contribution is -0.138. The quantitative estimate of drug-likeness (QED) is 0.901. The number of alkyl halides is 3. The summed E-state index contributed by atoms with van der Waals surface area (Å²) in [4.78, 5) is 1.98. The minimum absolute atomic E-state index is 0.0361. The van der Waals surface area contributed by atoms with Crippen LogP contribution in [0.15, 0.2) is 0 Å². The standard InChI is InChI=1S/C10H17F3N4S/c1-6(2)7(5-17(3)4)14-9-16-15-8(18-9)10(11,12)13/h6-7H,5H2,1-4H3,(H,14,16). The Hall–Kier alpha value is -0.890. The molecule has 1 N–H and O–H groups in total. The predicted molar refractivity (Wildman–Crippen MR) is 65.7 cm³/mol. The lowest BCUT2D eigenvalue weighted by Crippen LogP contribution is -2.36. The fraction of sp³-hybridized carbons (Fsp3) is 0.800. The molecule has 0 aromatic carbocycles. The first kappa shape index (κ1) is 15.2. The van der Waals surface area contributed by atoms with Gasteiger partial charge in [-0.25, -0.2) is 0 Å². The van der Waals surface area contributed by atoms with Gasteiger partial charge < -0.3 is 10.2 Å². The first-order valence-corrected chi connectivity index (χ1v) is 6.33. The molecule has 0 saturated carbocycles. The van der Waals surface area contributed by atoms with Gasteiger partial charge in [0.2, 0.25) is 10.1 Å².